The first-order valence-corrected chi connectivity index (χ1v) is 11.3. The van der Waals surface area contributed by atoms with E-state index in [1.165, 1.54) is 10.6 Å². The lowest BCUT2D eigenvalue weighted by Crippen LogP contribution is -2.16. The summed E-state index contributed by atoms with van der Waals surface area (Å²) >= 11 is 11.6. The predicted molar refractivity (Wildman–Crippen MR) is 140 cm³/mol. The zero-order chi connectivity index (χ0) is 24.4. The summed E-state index contributed by atoms with van der Waals surface area (Å²) in [5, 5.41) is 11.1. The first-order chi connectivity index (χ1) is 17.0. The fraction of sp³-hybridized carbons (Fsp3) is 0. The number of nitrogens with one attached hydrogen (secondary N) is 1. The number of hydrogen-bond donors (Lipinski definition) is 2. The molecule has 1 aromatic heterocycles. The third-order valence-electron chi connectivity index (χ3n) is 5.15. The lowest BCUT2D eigenvalue weighted by Gasteiger charge is -2.12. The Morgan fingerprint density at radius 1 is 0.914 bits per heavy atom. The molecule has 5 rings (SSSR count). The number of nitrogens with zero attached hydrogens (tertiary/aromatic N) is 3. The average molecular weight is 501 g/mol. The molecule has 1 aliphatic rings. The van der Waals surface area contributed by atoms with Crippen LogP contribution < -0.4 is 10.3 Å². The molecular formula is C26H17ClN4O3S. The number of allylic oxidation sites excluding steroid dienone is 1. The molecule has 7 nitrogen and oxygen atoms in total. The number of benzene rings is 3. The number of rotatable bonds is 5. The Labute approximate surface area is 210 Å². The molecular weight excluding hydrogens is 484 g/mol. The SMILES string of the molecule is O=c1[nH]c(=S)n(-c2ccc(Oc3ccccc3)cc2)c(O)c1C=C1N=C(c2ccccc2)N=C1Cl. The van der Waals surface area contributed by atoms with E-state index in [9.17, 15) is 9.90 Å². The van der Waals surface area contributed by atoms with Crippen LogP contribution in [-0.4, -0.2) is 25.7 Å². The fourth-order valence-electron chi connectivity index (χ4n) is 3.48. The highest BCUT2D eigenvalue weighted by molar-refractivity contribution is 7.71. The van der Waals surface area contributed by atoms with E-state index in [4.69, 9.17) is 28.6 Å². The number of aromatic nitrogens is 2. The van der Waals surface area contributed by atoms with Gasteiger partial charge in [-0.05, 0) is 54.7 Å². The minimum Gasteiger partial charge on any atom is -0.494 e. The van der Waals surface area contributed by atoms with Gasteiger partial charge in [0.1, 0.15) is 22.8 Å². The highest BCUT2D eigenvalue weighted by Crippen LogP contribution is 2.27. The second kappa shape index (κ2) is 9.54. The Kier molecular flexibility index (Phi) is 6.13. The molecule has 2 N–H and O–H groups in total. The van der Waals surface area contributed by atoms with Gasteiger partial charge < -0.3 is 9.84 Å². The predicted octanol–water partition coefficient (Wildman–Crippen LogP) is 5.83. The summed E-state index contributed by atoms with van der Waals surface area (Å²) in [4.78, 5) is 23.9. The Bertz CT molecular complexity index is 1610. The van der Waals surface area contributed by atoms with E-state index < -0.39 is 5.56 Å². The van der Waals surface area contributed by atoms with Gasteiger partial charge in [0, 0.05) is 5.56 Å². The monoisotopic (exact) mass is 500 g/mol. The van der Waals surface area contributed by atoms with Gasteiger partial charge in [-0.3, -0.25) is 14.3 Å². The van der Waals surface area contributed by atoms with Crippen molar-refractivity contribution in [3.63, 3.8) is 0 Å². The van der Waals surface area contributed by atoms with Crippen LogP contribution in [0.5, 0.6) is 17.4 Å². The van der Waals surface area contributed by atoms with E-state index in [1.54, 1.807) is 24.3 Å². The van der Waals surface area contributed by atoms with Crippen molar-refractivity contribution >= 4 is 40.9 Å². The van der Waals surface area contributed by atoms with Crippen molar-refractivity contribution in [2.24, 2.45) is 9.98 Å². The number of H-pyrrole nitrogens is 1. The standard InChI is InChI=1S/C26H17ClN4O3S/c27-22-21(28-23(29-22)16-7-3-1-4-8-16)15-20-24(32)30-26(35)31(25(20)33)17-11-13-19(14-12-17)34-18-9-5-2-6-10-18/h1-15,33H,(H,30,32,35). The van der Waals surface area contributed by atoms with Crippen LogP contribution in [0.25, 0.3) is 11.8 Å². The molecule has 0 amide bonds. The number of ether oxygens (including phenoxy) is 1. The number of aromatic hydroxyl groups is 1. The van der Waals surface area contributed by atoms with E-state index in [-0.39, 0.29) is 27.1 Å². The van der Waals surface area contributed by atoms with Crippen LogP contribution in [0.15, 0.2) is 105 Å². The maximum Gasteiger partial charge on any atom is 0.262 e. The van der Waals surface area contributed by atoms with E-state index in [2.05, 4.69) is 15.0 Å². The molecule has 0 atom stereocenters. The van der Waals surface area contributed by atoms with E-state index >= 15 is 0 Å². The summed E-state index contributed by atoms with van der Waals surface area (Å²) in [6, 6.07) is 25.6. The van der Waals surface area contributed by atoms with Crippen molar-refractivity contribution in [2.45, 2.75) is 0 Å². The molecule has 0 spiro atoms. The molecule has 3 aromatic carbocycles. The van der Waals surface area contributed by atoms with E-state index in [1.807, 2.05) is 60.7 Å². The molecule has 0 unspecified atom stereocenters. The van der Waals surface area contributed by atoms with Gasteiger partial charge in [-0.2, -0.15) is 0 Å². The van der Waals surface area contributed by atoms with E-state index in [0.717, 1.165) is 5.56 Å². The molecule has 2 heterocycles. The summed E-state index contributed by atoms with van der Waals surface area (Å²) in [5.74, 6) is 1.37. The van der Waals surface area contributed by atoms with Crippen LogP contribution in [0.2, 0.25) is 0 Å². The van der Waals surface area contributed by atoms with Gasteiger partial charge >= 0.3 is 0 Å². The number of para-hydroxylation sites is 1. The zero-order valence-electron chi connectivity index (χ0n) is 18.1. The van der Waals surface area contributed by atoms with Gasteiger partial charge in [0.15, 0.2) is 15.8 Å². The molecule has 0 saturated heterocycles. The molecule has 0 bridgehead atoms. The van der Waals surface area contributed by atoms with Crippen LogP contribution in [0.3, 0.4) is 0 Å². The Balaban J connectivity index is 1.51. The molecule has 0 saturated carbocycles. The third kappa shape index (κ3) is 4.70. The number of amidine groups is 1. The summed E-state index contributed by atoms with van der Waals surface area (Å²) in [6.45, 7) is 0. The maximum absolute atomic E-state index is 12.7. The van der Waals surface area contributed by atoms with Crippen LogP contribution >= 0.6 is 23.8 Å². The molecule has 172 valence electrons. The molecule has 9 heteroatoms. The first-order valence-electron chi connectivity index (χ1n) is 10.5. The topological polar surface area (TPSA) is 92.0 Å². The van der Waals surface area contributed by atoms with Gasteiger partial charge in [-0.1, -0.05) is 60.1 Å². The molecule has 1 aliphatic heterocycles. The lowest BCUT2D eigenvalue weighted by atomic mass is 10.2. The highest BCUT2D eigenvalue weighted by Gasteiger charge is 2.19. The first kappa shape index (κ1) is 22.5. The summed E-state index contributed by atoms with van der Waals surface area (Å²) in [5.41, 5.74) is 0.934. The van der Waals surface area contributed by atoms with Crippen LogP contribution in [0.1, 0.15) is 11.1 Å². The summed E-state index contributed by atoms with van der Waals surface area (Å²) in [7, 11) is 0. The van der Waals surface area contributed by atoms with Crippen molar-refractivity contribution in [1.82, 2.24) is 9.55 Å². The van der Waals surface area contributed by atoms with Crippen molar-refractivity contribution in [1.29, 1.82) is 0 Å². The summed E-state index contributed by atoms with van der Waals surface area (Å²) in [6.07, 6.45) is 1.38. The fourth-order valence-corrected chi connectivity index (χ4v) is 3.94. The molecule has 0 fully saturated rings. The minimum absolute atomic E-state index is 0.0334. The van der Waals surface area contributed by atoms with Crippen molar-refractivity contribution in [3.05, 3.63) is 117 Å². The van der Waals surface area contributed by atoms with Gasteiger partial charge in [-0.15, -0.1) is 0 Å². The normalized spacial score (nSPS) is 14.0. The average Bonchev–Trinajstić information content (AvgIpc) is 3.24. The van der Waals surface area contributed by atoms with Crippen LogP contribution in [-0.2, 0) is 0 Å². The second-order valence-corrected chi connectivity index (χ2v) is 8.22. The largest absolute Gasteiger partial charge is 0.494 e. The van der Waals surface area contributed by atoms with Crippen LogP contribution in [0, 0.1) is 4.77 Å². The van der Waals surface area contributed by atoms with Gasteiger partial charge in [0.25, 0.3) is 5.56 Å². The molecule has 0 radical (unpaired) electrons. The lowest BCUT2D eigenvalue weighted by molar-refractivity contribution is 0.431. The van der Waals surface area contributed by atoms with Crippen LogP contribution in [0.4, 0.5) is 0 Å². The van der Waals surface area contributed by atoms with E-state index in [0.29, 0.717) is 23.0 Å². The maximum atomic E-state index is 12.7. The third-order valence-corrected chi connectivity index (χ3v) is 5.71. The van der Waals surface area contributed by atoms with Gasteiger partial charge in [-0.25, -0.2) is 9.98 Å². The van der Waals surface area contributed by atoms with Gasteiger partial charge in [0.05, 0.1) is 5.69 Å². The highest BCUT2D eigenvalue weighted by atomic mass is 35.5. The van der Waals surface area contributed by atoms with Crippen molar-refractivity contribution in [3.8, 4) is 23.1 Å². The Hall–Kier alpha value is -4.27. The Morgan fingerprint density at radius 2 is 1.54 bits per heavy atom. The number of aliphatic imine (C=N–C) groups is 2. The number of aromatic amines is 1. The number of halogens is 1. The molecule has 35 heavy (non-hydrogen) atoms. The summed E-state index contributed by atoms with van der Waals surface area (Å²) < 4.78 is 7.19. The van der Waals surface area contributed by atoms with Crippen molar-refractivity contribution in [2.75, 3.05) is 0 Å². The van der Waals surface area contributed by atoms with Gasteiger partial charge in [0.2, 0.25) is 5.88 Å². The second-order valence-electron chi connectivity index (χ2n) is 7.47. The molecule has 4 aromatic rings. The zero-order valence-corrected chi connectivity index (χ0v) is 19.6. The quantitative estimate of drug-likeness (QED) is 0.337. The Morgan fingerprint density at radius 3 is 2.23 bits per heavy atom. The number of hydrogen-bond acceptors (Lipinski definition) is 6. The molecule has 0 aliphatic carbocycles. The smallest absolute Gasteiger partial charge is 0.262 e. The minimum atomic E-state index is -0.576. The van der Waals surface area contributed by atoms with Crippen molar-refractivity contribution < 1.29 is 9.84 Å².